The molecule has 2 N–H and O–H groups in total. The molecule has 0 aliphatic carbocycles. The van der Waals surface area contributed by atoms with Crippen LogP contribution in [0.2, 0.25) is 0 Å². The molecule has 1 aliphatic heterocycles. The third-order valence-electron chi connectivity index (χ3n) is 3.91. The summed E-state index contributed by atoms with van der Waals surface area (Å²) in [5.74, 6) is 0.647. The molecule has 0 unspecified atom stereocenters. The zero-order valence-electron chi connectivity index (χ0n) is 11.9. The molecule has 1 aliphatic rings. The van der Waals surface area contributed by atoms with Crippen molar-refractivity contribution in [2.24, 2.45) is 0 Å². The van der Waals surface area contributed by atoms with E-state index in [4.69, 9.17) is 5.73 Å². The number of nitrogen functional groups attached to an aromatic ring is 1. The smallest absolute Gasteiger partial charge is 0.245 e. The van der Waals surface area contributed by atoms with E-state index >= 15 is 0 Å². The first-order chi connectivity index (χ1) is 9.91. The summed E-state index contributed by atoms with van der Waals surface area (Å²) in [4.78, 5) is 0.204. The number of anilines is 1. The number of aryl methyl sites for hydroxylation is 1. The van der Waals surface area contributed by atoms with Crippen LogP contribution < -0.4 is 5.73 Å². The lowest BCUT2D eigenvalue weighted by Gasteiger charge is -2.27. The minimum absolute atomic E-state index is 0.204. The van der Waals surface area contributed by atoms with Crippen molar-refractivity contribution in [1.29, 1.82) is 0 Å². The molecule has 0 bridgehead atoms. The Morgan fingerprint density at radius 1 is 1.24 bits per heavy atom. The molecule has 2 heterocycles. The summed E-state index contributed by atoms with van der Waals surface area (Å²) in [5.41, 5.74) is 7.80. The maximum absolute atomic E-state index is 12.9. The number of hydrogen-bond donors (Lipinski definition) is 1. The van der Waals surface area contributed by atoms with Gasteiger partial charge in [0.1, 0.15) is 17.0 Å². The van der Waals surface area contributed by atoms with Crippen LogP contribution in [0.5, 0.6) is 0 Å². The first-order valence-corrected chi connectivity index (χ1v) is 8.08. The van der Waals surface area contributed by atoms with E-state index in [1.807, 2.05) is 17.6 Å². The first kappa shape index (κ1) is 14.0. The fourth-order valence-corrected chi connectivity index (χ4v) is 4.31. The summed E-state index contributed by atoms with van der Waals surface area (Å²) in [6, 6.07) is 3.47. The number of nitrogens with zero attached hydrogens (tertiary/aromatic N) is 4. The average molecular weight is 307 g/mol. The maximum atomic E-state index is 12.9. The molecule has 112 valence electrons. The Morgan fingerprint density at radius 2 is 2.00 bits per heavy atom. The van der Waals surface area contributed by atoms with Crippen molar-refractivity contribution in [3.8, 4) is 0 Å². The van der Waals surface area contributed by atoms with Gasteiger partial charge in [0, 0.05) is 13.1 Å². The van der Waals surface area contributed by atoms with E-state index in [0.29, 0.717) is 24.5 Å². The molecule has 0 saturated carbocycles. The number of fused-ring (bicyclic) bond motifs is 1. The van der Waals surface area contributed by atoms with E-state index < -0.39 is 10.0 Å². The van der Waals surface area contributed by atoms with Crippen molar-refractivity contribution in [3.63, 3.8) is 0 Å². The van der Waals surface area contributed by atoms with Crippen LogP contribution >= 0.6 is 0 Å². The Balaban J connectivity index is 2.05. The van der Waals surface area contributed by atoms with Crippen molar-refractivity contribution in [2.75, 3.05) is 12.3 Å². The molecule has 3 rings (SSSR count). The number of benzene rings is 1. The highest BCUT2D eigenvalue weighted by Gasteiger charge is 2.32. The van der Waals surface area contributed by atoms with Crippen LogP contribution in [0.25, 0.3) is 0 Å². The molecule has 0 radical (unpaired) electrons. The van der Waals surface area contributed by atoms with Crippen molar-refractivity contribution >= 4 is 15.7 Å². The minimum Gasteiger partial charge on any atom is -0.398 e. The highest BCUT2D eigenvalue weighted by atomic mass is 32.2. The molecule has 0 saturated heterocycles. The number of nitrogens with two attached hydrogens (primary N) is 1. The SMILES string of the molecule is Cc1ccc(N)c(S(=O)(=O)N2CCn3cnnc3C2)c1C. The van der Waals surface area contributed by atoms with Gasteiger partial charge in [0.25, 0.3) is 0 Å². The third-order valence-corrected chi connectivity index (χ3v) is 5.96. The van der Waals surface area contributed by atoms with E-state index in [9.17, 15) is 8.42 Å². The van der Waals surface area contributed by atoms with Gasteiger partial charge in [-0.3, -0.25) is 0 Å². The summed E-state index contributed by atoms with van der Waals surface area (Å²) in [7, 11) is -3.64. The predicted molar refractivity (Wildman–Crippen MR) is 77.9 cm³/mol. The molecule has 0 amide bonds. The van der Waals surface area contributed by atoms with Crippen LogP contribution in [0.15, 0.2) is 23.4 Å². The standard InChI is InChI=1S/C13H17N5O2S/c1-9-3-4-11(14)13(10(9)2)21(19,20)18-6-5-17-8-15-16-12(17)7-18/h3-4,8H,5-7,14H2,1-2H3. The molecule has 21 heavy (non-hydrogen) atoms. The van der Waals surface area contributed by atoms with Gasteiger partial charge < -0.3 is 10.3 Å². The van der Waals surface area contributed by atoms with E-state index in [1.165, 1.54) is 4.31 Å². The van der Waals surface area contributed by atoms with Crippen molar-refractivity contribution in [3.05, 3.63) is 35.4 Å². The van der Waals surface area contributed by atoms with Gasteiger partial charge in [0.2, 0.25) is 10.0 Å². The van der Waals surface area contributed by atoms with Crippen LogP contribution in [-0.2, 0) is 23.1 Å². The summed E-state index contributed by atoms with van der Waals surface area (Å²) in [6.07, 6.45) is 1.62. The van der Waals surface area contributed by atoms with E-state index in [1.54, 1.807) is 19.3 Å². The second-order valence-electron chi connectivity index (χ2n) is 5.20. The Kier molecular flexibility index (Phi) is 3.22. The second-order valence-corrected chi connectivity index (χ2v) is 7.08. The molecule has 0 atom stereocenters. The van der Waals surface area contributed by atoms with Crippen LogP contribution in [0.1, 0.15) is 17.0 Å². The molecule has 1 aromatic heterocycles. The zero-order valence-corrected chi connectivity index (χ0v) is 12.8. The lowest BCUT2D eigenvalue weighted by molar-refractivity contribution is 0.335. The predicted octanol–water partition coefficient (Wildman–Crippen LogP) is 0.682. The van der Waals surface area contributed by atoms with Crippen LogP contribution in [0, 0.1) is 13.8 Å². The molecule has 2 aromatic rings. The maximum Gasteiger partial charge on any atom is 0.245 e. The molecule has 0 fully saturated rings. The van der Waals surface area contributed by atoms with Gasteiger partial charge in [-0.25, -0.2) is 8.42 Å². The van der Waals surface area contributed by atoms with Gasteiger partial charge in [-0.2, -0.15) is 4.31 Å². The molecule has 8 heteroatoms. The number of rotatable bonds is 2. The van der Waals surface area contributed by atoms with E-state index in [2.05, 4.69) is 10.2 Å². The lowest BCUT2D eigenvalue weighted by atomic mass is 10.1. The van der Waals surface area contributed by atoms with Gasteiger partial charge >= 0.3 is 0 Å². The highest BCUT2D eigenvalue weighted by Crippen LogP contribution is 2.29. The Hall–Kier alpha value is -1.93. The van der Waals surface area contributed by atoms with Gasteiger partial charge in [-0.1, -0.05) is 6.07 Å². The summed E-state index contributed by atoms with van der Waals surface area (Å²) >= 11 is 0. The summed E-state index contributed by atoms with van der Waals surface area (Å²) in [5, 5.41) is 7.76. The third kappa shape index (κ3) is 2.20. The number of hydrogen-bond acceptors (Lipinski definition) is 5. The largest absolute Gasteiger partial charge is 0.398 e. The normalized spacial score (nSPS) is 15.9. The molecular weight excluding hydrogens is 290 g/mol. The molecular formula is C13H17N5O2S. The minimum atomic E-state index is -3.64. The lowest BCUT2D eigenvalue weighted by Crippen LogP contribution is -2.38. The zero-order chi connectivity index (χ0) is 15.2. The number of aromatic nitrogens is 3. The molecule has 0 spiro atoms. The molecule has 7 nitrogen and oxygen atoms in total. The summed E-state index contributed by atoms with van der Waals surface area (Å²) < 4.78 is 29.1. The topological polar surface area (TPSA) is 94.1 Å². The van der Waals surface area contributed by atoms with Crippen LogP contribution in [0.3, 0.4) is 0 Å². The van der Waals surface area contributed by atoms with Crippen LogP contribution in [0.4, 0.5) is 5.69 Å². The fraction of sp³-hybridized carbons (Fsp3) is 0.385. The first-order valence-electron chi connectivity index (χ1n) is 6.64. The van der Waals surface area contributed by atoms with Crippen LogP contribution in [-0.4, -0.2) is 34.0 Å². The highest BCUT2D eigenvalue weighted by molar-refractivity contribution is 7.89. The number of sulfonamides is 1. The fourth-order valence-electron chi connectivity index (χ4n) is 2.53. The summed E-state index contributed by atoms with van der Waals surface area (Å²) in [6.45, 7) is 4.81. The second kappa shape index (κ2) is 4.81. The van der Waals surface area contributed by atoms with Crippen molar-refractivity contribution in [2.45, 2.75) is 31.8 Å². The van der Waals surface area contributed by atoms with Gasteiger partial charge in [-0.15, -0.1) is 10.2 Å². The van der Waals surface area contributed by atoms with Gasteiger partial charge in [0.15, 0.2) is 0 Å². The van der Waals surface area contributed by atoms with Gasteiger partial charge in [0.05, 0.1) is 12.2 Å². The van der Waals surface area contributed by atoms with E-state index in [0.717, 1.165) is 5.56 Å². The Labute approximate surface area is 123 Å². The monoisotopic (exact) mass is 307 g/mol. The van der Waals surface area contributed by atoms with E-state index in [-0.39, 0.29) is 17.1 Å². The van der Waals surface area contributed by atoms with Crippen molar-refractivity contribution in [1.82, 2.24) is 19.1 Å². The Bertz CT molecular complexity index is 797. The quantitative estimate of drug-likeness (QED) is 0.823. The molecule has 1 aromatic carbocycles. The Morgan fingerprint density at radius 3 is 2.76 bits per heavy atom. The van der Waals surface area contributed by atoms with Crippen molar-refractivity contribution < 1.29 is 8.42 Å². The van der Waals surface area contributed by atoms with Gasteiger partial charge in [-0.05, 0) is 31.0 Å². The average Bonchev–Trinajstić information content (AvgIpc) is 2.90.